The number of nitrogens with two attached hydrogens (primary N) is 1. The van der Waals surface area contributed by atoms with E-state index in [9.17, 15) is 9.59 Å². The Morgan fingerprint density at radius 2 is 1.84 bits per heavy atom. The number of hydrogen-bond acceptors (Lipinski definition) is 3. The van der Waals surface area contributed by atoms with E-state index in [2.05, 4.69) is 10.6 Å². The van der Waals surface area contributed by atoms with Gasteiger partial charge in [0.2, 0.25) is 11.8 Å². The molecule has 5 heteroatoms. The van der Waals surface area contributed by atoms with E-state index >= 15 is 0 Å². The highest BCUT2D eigenvalue weighted by Gasteiger charge is 2.33. The molecule has 1 heterocycles. The van der Waals surface area contributed by atoms with Crippen molar-refractivity contribution in [2.75, 3.05) is 5.32 Å². The molecule has 0 aromatic heterocycles. The summed E-state index contributed by atoms with van der Waals surface area (Å²) in [6, 6.07) is 11.8. The second-order valence-corrected chi connectivity index (χ2v) is 6.59. The molecule has 2 aromatic rings. The fraction of sp³-hybridized carbons (Fsp3) is 0.300. The van der Waals surface area contributed by atoms with Crippen molar-refractivity contribution < 1.29 is 9.59 Å². The molecule has 0 saturated heterocycles. The molecule has 1 aliphatic heterocycles. The fourth-order valence-corrected chi connectivity index (χ4v) is 3.34. The van der Waals surface area contributed by atoms with Gasteiger partial charge in [-0.2, -0.15) is 0 Å². The van der Waals surface area contributed by atoms with Crippen molar-refractivity contribution in [2.45, 2.75) is 39.3 Å². The van der Waals surface area contributed by atoms with E-state index in [0.717, 1.165) is 33.5 Å². The average molecular weight is 337 g/mol. The van der Waals surface area contributed by atoms with Crippen LogP contribution in [-0.4, -0.2) is 11.8 Å². The number of amides is 2. The molecule has 3 rings (SSSR count). The summed E-state index contributed by atoms with van der Waals surface area (Å²) in [5.41, 5.74) is 11.6. The number of anilines is 1. The minimum Gasteiger partial charge on any atom is -0.352 e. The maximum absolute atomic E-state index is 12.3. The molecule has 0 radical (unpaired) electrons. The highest BCUT2D eigenvalue weighted by molar-refractivity contribution is 6.05. The van der Waals surface area contributed by atoms with E-state index in [0.29, 0.717) is 13.1 Å². The smallest absolute Gasteiger partial charge is 0.232 e. The second kappa shape index (κ2) is 7.07. The summed E-state index contributed by atoms with van der Waals surface area (Å²) in [4.78, 5) is 24.6. The van der Waals surface area contributed by atoms with Crippen molar-refractivity contribution in [3.05, 3.63) is 64.2 Å². The molecular weight excluding hydrogens is 314 g/mol. The summed E-state index contributed by atoms with van der Waals surface area (Å²) in [6.07, 6.45) is 0.156. The number of fused-ring (bicyclic) bond motifs is 1. The third-order valence-corrected chi connectivity index (χ3v) is 4.59. The minimum atomic E-state index is -0.421. The molecule has 0 fully saturated rings. The molecule has 130 valence electrons. The van der Waals surface area contributed by atoms with Gasteiger partial charge in [-0.1, -0.05) is 30.3 Å². The Hall–Kier alpha value is -2.66. The first kappa shape index (κ1) is 17.2. The third kappa shape index (κ3) is 3.72. The van der Waals surface area contributed by atoms with Gasteiger partial charge >= 0.3 is 0 Å². The van der Waals surface area contributed by atoms with Crippen molar-refractivity contribution in [3.63, 3.8) is 0 Å². The van der Waals surface area contributed by atoms with Crippen LogP contribution >= 0.6 is 0 Å². The largest absolute Gasteiger partial charge is 0.352 e. The normalized spacial score (nSPS) is 15.6. The van der Waals surface area contributed by atoms with E-state index in [4.69, 9.17) is 5.73 Å². The zero-order valence-electron chi connectivity index (χ0n) is 14.6. The average Bonchev–Trinajstić information content (AvgIpc) is 2.89. The van der Waals surface area contributed by atoms with Crippen LogP contribution < -0.4 is 16.4 Å². The Kier molecular flexibility index (Phi) is 4.86. The molecule has 0 spiro atoms. The number of aryl methyl sites for hydroxylation is 2. The summed E-state index contributed by atoms with van der Waals surface area (Å²) < 4.78 is 0. The van der Waals surface area contributed by atoms with Crippen LogP contribution in [0.4, 0.5) is 5.69 Å². The first-order valence-electron chi connectivity index (χ1n) is 8.44. The van der Waals surface area contributed by atoms with Crippen LogP contribution in [0.3, 0.4) is 0 Å². The standard InChI is InChI=1S/C20H23N3O2/c1-12-7-13(2)19-16(20(25)23-17(19)8-12)9-18(24)22-11-15-5-3-14(10-21)4-6-15/h3-8,16H,9-11,21H2,1-2H3,(H,22,24)(H,23,25). The minimum absolute atomic E-state index is 0.105. The molecule has 0 bridgehead atoms. The van der Waals surface area contributed by atoms with Crippen LogP contribution in [0.25, 0.3) is 0 Å². The molecule has 1 atom stereocenters. The Morgan fingerprint density at radius 3 is 2.52 bits per heavy atom. The number of carbonyl (C=O) groups excluding carboxylic acids is 2. The Balaban J connectivity index is 1.64. The van der Waals surface area contributed by atoms with Crippen LogP contribution in [0.15, 0.2) is 36.4 Å². The topological polar surface area (TPSA) is 84.2 Å². The number of hydrogen-bond donors (Lipinski definition) is 3. The second-order valence-electron chi connectivity index (χ2n) is 6.59. The van der Waals surface area contributed by atoms with Gasteiger partial charge in [0, 0.05) is 25.2 Å². The van der Waals surface area contributed by atoms with Gasteiger partial charge < -0.3 is 16.4 Å². The van der Waals surface area contributed by atoms with E-state index in [1.54, 1.807) is 0 Å². The molecule has 1 aliphatic rings. The summed E-state index contributed by atoms with van der Waals surface area (Å²) in [7, 11) is 0. The Morgan fingerprint density at radius 1 is 1.16 bits per heavy atom. The number of benzene rings is 2. The fourth-order valence-electron chi connectivity index (χ4n) is 3.34. The van der Waals surface area contributed by atoms with Gasteiger partial charge in [0.1, 0.15) is 0 Å². The van der Waals surface area contributed by atoms with Crippen molar-refractivity contribution in [2.24, 2.45) is 5.73 Å². The molecule has 5 nitrogen and oxygen atoms in total. The zero-order valence-corrected chi connectivity index (χ0v) is 14.6. The van der Waals surface area contributed by atoms with Gasteiger partial charge in [-0.25, -0.2) is 0 Å². The number of rotatable bonds is 5. The molecule has 2 amide bonds. The molecule has 0 aliphatic carbocycles. The Bertz CT molecular complexity index is 812. The molecule has 2 aromatic carbocycles. The van der Waals surface area contributed by atoms with Crippen LogP contribution in [0, 0.1) is 13.8 Å². The maximum Gasteiger partial charge on any atom is 0.232 e. The van der Waals surface area contributed by atoms with Gasteiger partial charge in [0.25, 0.3) is 0 Å². The lowest BCUT2D eigenvalue weighted by molar-refractivity contribution is -0.125. The number of carbonyl (C=O) groups is 2. The Labute approximate surface area is 147 Å². The molecule has 25 heavy (non-hydrogen) atoms. The van der Waals surface area contributed by atoms with Gasteiger partial charge in [-0.15, -0.1) is 0 Å². The third-order valence-electron chi connectivity index (χ3n) is 4.59. The van der Waals surface area contributed by atoms with Gasteiger partial charge in [0.05, 0.1) is 5.92 Å². The van der Waals surface area contributed by atoms with Crippen molar-refractivity contribution >= 4 is 17.5 Å². The molecule has 1 unspecified atom stereocenters. The predicted molar refractivity (Wildman–Crippen MR) is 98.1 cm³/mol. The first-order valence-corrected chi connectivity index (χ1v) is 8.44. The highest BCUT2D eigenvalue weighted by Crippen LogP contribution is 2.37. The molecule has 4 N–H and O–H groups in total. The van der Waals surface area contributed by atoms with Crippen LogP contribution in [-0.2, 0) is 22.7 Å². The summed E-state index contributed by atoms with van der Waals surface area (Å²) in [5, 5.41) is 5.79. The van der Waals surface area contributed by atoms with Gasteiger partial charge in [-0.05, 0) is 47.7 Å². The van der Waals surface area contributed by atoms with Crippen molar-refractivity contribution in [3.8, 4) is 0 Å². The van der Waals surface area contributed by atoms with Crippen LogP contribution in [0.5, 0.6) is 0 Å². The van der Waals surface area contributed by atoms with E-state index in [1.165, 1.54) is 0 Å². The van der Waals surface area contributed by atoms with Crippen LogP contribution in [0.1, 0.15) is 40.2 Å². The first-order chi connectivity index (χ1) is 12.0. The SMILES string of the molecule is Cc1cc(C)c2c(c1)NC(=O)C2CC(=O)NCc1ccc(CN)cc1. The van der Waals surface area contributed by atoms with Crippen LogP contribution in [0.2, 0.25) is 0 Å². The van der Waals surface area contributed by atoms with E-state index in [1.807, 2.05) is 50.2 Å². The quantitative estimate of drug-likeness (QED) is 0.784. The summed E-state index contributed by atoms with van der Waals surface area (Å²) in [6.45, 7) is 4.92. The van der Waals surface area contributed by atoms with Gasteiger partial charge in [-0.3, -0.25) is 9.59 Å². The lowest BCUT2D eigenvalue weighted by atomic mass is 9.92. The molecule has 0 saturated carbocycles. The zero-order chi connectivity index (χ0) is 18.0. The van der Waals surface area contributed by atoms with Crippen molar-refractivity contribution in [1.29, 1.82) is 0 Å². The summed E-state index contributed by atoms with van der Waals surface area (Å²) >= 11 is 0. The molecular formula is C20H23N3O2. The van der Waals surface area contributed by atoms with Gasteiger partial charge in [0.15, 0.2) is 0 Å². The number of nitrogens with one attached hydrogen (secondary N) is 2. The van der Waals surface area contributed by atoms with E-state index < -0.39 is 5.92 Å². The lowest BCUT2D eigenvalue weighted by Gasteiger charge is -2.12. The predicted octanol–water partition coefficient (Wildman–Crippen LogP) is 2.50. The van der Waals surface area contributed by atoms with Crippen molar-refractivity contribution in [1.82, 2.24) is 5.32 Å². The monoisotopic (exact) mass is 337 g/mol. The van der Waals surface area contributed by atoms with E-state index in [-0.39, 0.29) is 18.2 Å². The highest BCUT2D eigenvalue weighted by atomic mass is 16.2. The lowest BCUT2D eigenvalue weighted by Crippen LogP contribution is -2.26. The maximum atomic E-state index is 12.3. The summed E-state index contributed by atoms with van der Waals surface area (Å²) in [5.74, 6) is -0.655.